The van der Waals surface area contributed by atoms with E-state index in [1.54, 1.807) is 18.2 Å². The molecule has 0 unspecified atom stereocenters. The molecule has 21 heavy (non-hydrogen) atoms. The molecule has 0 bridgehead atoms. The van der Waals surface area contributed by atoms with Crippen LogP contribution in [0, 0.1) is 0 Å². The van der Waals surface area contributed by atoms with E-state index in [0.717, 1.165) is 0 Å². The van der Waals surface area contributed by atoms with E-state index < -0.39 is 0 Å². The number of halogens is 1. The van der Waals surface area contributed by atoms with Gasteiger partial charge in [-0.25, -0.2) is 4.98 Å². The number of hydrogen-bond donors (Lipinski definition) is 1. The molecule has 1 aromatic carbocycles. The van der Waals surface area contributed by atoms with Gasteiger partial charge < -0.3 is 9.72 Å². The Hall–Kier alpha value is -1.92. The maximum atomic E-state index is 12.0. The second-order valence-electron chi connectivity index (χ2n) is 4.74. The molecule has 0 fully saturated rings. The number of rotatable bonds is 5. The zero-order valence-electron chi connectivity index (χ0n) is 11.9. The fraction of sp³-hybridized carbons (Fsp3) is 0.357. The summed E-state index contributed by atoms with van der Waals surface area (Å²) in [5.41, 5.74) is 0.374. The molecule has 7 heteroatoms. The lowest BCUT2D eigenvalue weighted by Crippen LogP contribution is -2.24. The number of aromatic amines is 1. The van der Waals surface area contributed by atoms with Gasteiger partial charge in [-0.1, -0.05) is 11.6 Å². The number of aromatic nitrogens is 2. The van der Waals surface area contributed by atoms with Gasteiger partial charge in [-0.2, -0.15) is 0 Å². The molecular weight excluding hydrogens is 294 g/mol. The molecule has 0 saturated carbocycles. The summed E-state index contributed by atoms with van der Waals surface area (Å²) in [4.78, 5) is 32.1. The van der Waals surface area contributed by atoms with Crippen LogP contribution in [0.3, 0.4) is 0 Å². The Balaban J connectivity index is 2.14. The fourth-order valence-corrected chi connectivity index (χ4v) is 2.13. The average Bonchev–Trinajstić information content (AvgIpc) is 2.45. The van der Waals surface area contributed by atoms with Crippen molar-refractivity contribution in [1.29, 1.82) is 0 Å². The van der Waals surface area contributed by atoms with Gasteiger partial charge in [0.15, 0.2) is 0 Å². The lowest BCUT2D eigenvalue weighted by atomic mass is 10.2. The van der Waals surface area contributed by atoms with Crippen molar-refractivity contribution in [2.24, 2.45) is 0 Å². The number of carbonyl (C=O) groups is 1. The third-order valence-corrected chi connectivity index (χ3v) is 3.30. The van der Waals surface area contributed by atoms with Gasteiger partial charge in [0, 0.05) is 11.6 Å². The third kappa shape index (κ3) is 4.03. The Morgan fingerprint density at radius 3 is 2.95 bits per heavy atom. The first-order valence-corrected chi connectivity index (χ1v) is 6.81. The van der Waals surface area contributed by atoms with Crippen LogP contribution in [0.25, 0.3) is 10.9 Å². The number of ether oxygens (including phenoxy) is 1. The van der Waals surface area contributed by atoms with E-state index in [-0.39, 0.29) is 11.5 Å². The van der Waals surface area contributed by atoms with E-state index in [2.05, 4.69) is 14.7 Å². The summed E-state index contributed by atoms with van der Waals surface area (Å²) in [6.07, 6.45) is 0.292. The van der Waals surface area contributed by atoms with Gasteiger partial charge in [-0.3, -0.25) is 14.5 Å². The second kappa shape index (κ2) is 6.69. The van der Waals surface area contributed by atoms with Crippen molar-refractivity contribution in [3.63, 3.8) is 0 Å². The molecule has 6 nitrogen and oxygen atoms in total. The van der Waals surface area contributed by atoms with E-state index in [9.17, 15) is 9.59 Å². The number of nitrogens with zero attached hydrogens (tertiary/aromatic N) is 2. The van der Waals surface area contributed by atoms with Gasteiger partial charge in [-0.15, -0.1) is 0 Å². The van der Waals surface area contributed by atoms with E-state index in [1.807, 2.05) is 11.9 Å². The number of carbonyl (C=O) groups excluding carboxylic acids is 1. The summed E-state index contributed by atoms with van der Waals surface area (Å²) in [6.45, 7) is 0.958. The van der Waals surface area contributed by atoms with Crippen LogP contribution in [0.1, 0.15) is 12.2 Å². The van der Waals surface area contributed by atoms with E-state index in [1.165, 1.54) is 7.11 Å². The second-order valence-corrected chi connectivity index (χ2v) is 5.17. The number of esters is 1. The van der Waals surface area contributed by atoms with Crippen molar-refractivity contribution in [3.05, 3.63) is 39.4 Å². The first kappa shape index (κ1) is 15.5. The van der Waals surface area contributed by atoms with Crippen LogP contribution in [-0.4, -0.2) is 41.5 Å². The highest BCUT2D eigenvalue weighted by molar-refractivity contribution is 6.31. The van der Waals surface area contributed by atoms with Gasteiger partial charge in [0.1, 0.15) is 5.82 Å². The number of benzene rings is 1. The Morgan fingerprint density at radius 1 is 1.48 bits per heavy atom. The molecule has 0 radical (unpaired) electrons. The molecule has 112 valence electrons. The van der Waals surface area contributed by atoms with Gasteiger partial charge in [0.05, 0.1) is 31.0 Å². The third-order valence-electron chi connectivity index (χ3n) is 3.06. The summed E-state index contributed by atoms with van der Waals surface area (Å²) in [5.74, 6) is 0.277. The Morgan fingerprint density at radius 2 is 2.24 bits per heavy atom. The summed E-state index contributed by atoms with van der Waals surface area (Å²) in [6, 6.07) is 5.00. The molecule has 2 rings (SSSR count). The van der Waals surface area contributed by atoms with Crippen LogP contribution in [0.15, 0.2) is 23.0 Å². The topological polar surface area (TPSA) is 75.3 Å². The van der Waals surface area contributed by atoms with Crippen LogP contribution >= 0.6 is 11.6 Å². The zero-order valence-corrected chi connectivity index (χ0v) is 12.6. The predicted octanol–water partition coefficient (Wildman–Crippen LogP) is 1.57. The average molecular weight is 310 g/mol. The molecule has 0 amide bonds. The molecule has 1 heterocycles. The minimum Gasteiger partial charge on any atom is -0.469 e. The lowest BCUT2D eigenvalue weighted by Gasteiger charge is -2.15. The Kier molecular flexibility index (Phi) is 4.93. The van der Waals surface area contributed by atoms with Gasteiger partial charge in [0.2, 0.25) is 0 Å². The van der Waals surface area contributed by atoms with Crippen molar-refractivity contribution in [3.8, 4) is 0 Å². The first-order chi connectivity index (χ1) is 9.99. The van der Waals surface area contributed by atoms with Crippen LogP contribution in [0.5, 0.6) is 0 Å². The minimum atomic E-state index is -0.267. The molecule has 0 atom stereocenters. The van der Waals surface area contributed by atoms with Gasteiger partial charge in [0.25, 0.3) is 5.56 Å². The van der Waals surface area contributed by atoms with Crippen LogP contribution in [0.2, 0.25) is 5.02 Å². The molecule has 0 aliphatic carbocycles. The summed E-state index contributed by atoms with van der Waals surface area (Å²) < 4.78 is 4.59. The molecule has 0 saturated heterocycles. The number of methoxy groups -OCH3 is 1. The van der Waals surface area contributed by atoms with Crippen molar-refractivity contribution < 1.29 is 9.53 Å². The molecule has 0 aliphatic heterocycles. The van der Waals surface area contributed by atoms with Crippen molar-refractivity contribution >= 4 is 28.5 Å². The normalized spacial score (nSPS) is 11.0. The van der Waals surface area contributed by atoms with E-state index >= 15 is 0 Å². The van der Waals surface area contributed by atoms with Crippen molar-refractivity contribution in [1.82, 2.24) is 14.9 Å². The largest absolute Gasteiger partial charge is 0.469 e. The van der Waals surface area contributed by atoms with Gasteiger partial charge >= 0.3 is 5.97 Å². The highest BCUT2D eigenvalue weighted by atomic mass is 35.5. The summed E-state index contributed by atoms with van der Waals surface area (Å²) >= 11 is 5.87. The zero-order chi connectivity index (χ0) is 15.4. The van der Waals surface area contributed by atoms with Crippen molar-refractivity contribution in [2.75, 3.05) is 20.7 Å². The molecular formula is C14H16ClN3O3. The predicted molar refractivity (Wildman–Crippen MR) is 80.3 cm³/mol. The first-order valence-electron chi connectivity index (χ1n) is 6.43. The molecule has 0 spiro atoms. The Labute approximate surface area is 126 Å². The number of H-pyrrole nitrogens is 1. The molecule has 1 aromatic heterocycles. The maximum absolute atomic E-state index is 12.0. The quantitative estimate of drug-likeness (QED) is 0.849. The van der Waals surface area contributed by atoms with Crippen molar-refractivity contribution in [2.45, 2.75) is 13.0 Å². The van der Waals surface area contributed by atoms with E-state index in [4.69, 9.17) is 11.6 Å². The maximum Gasteiger partial charge on any atom is 0.306 e. The highest BCUT2D eigenvalue weighted by Crippen LogP contribution is 2.14. The molecule has 2 aromatic rings. The van der Waals surface area contributed by atoms with Gasteiger partial charge in [-0.05, 0) is 25.2 Å². The summed E-state index contributed by atoms with van der Waals surface area (Å²) in [5, 5.41) is 0.959. The lowest BCUT2D eigenvalue weighted by molar-refractivity contribution is -0.140. The highest BCUT2D eigenvalue weighted by Gasteiger charge is 2.09. The standard InChI is InChI=1S/C14H16ClN3O3/c1-18(6-5-13(19)21-2)8-12-16-11-4-3-9(15)7-10(11)14(20)17-12/h3-4,7H,5-6,8H2,1-2H3,(H,16,17,20). The molecule has 0 aliphatic rings. The minimum absolute atomic E-state index is 0.223. The van der Waals surface area contributed by atoms with Crippen LogP contribution < -0.4 is 5.56 Å². The Bertz CT molecular complexity index is 714. The summed E-state index contributed by atoms with van der Waals surface area (Å²) in [7, 11) is 3.20. The fourth-order valence-electron chi connectivity index (χ4n) is 1.95. The monoisotopic (exact) mass is 309 g/mol. The SMILES string of the molecule is COC(=O)CCN(C)Cc1nc2ccc(Cl)cc2c(=O)[nH]1. The number of fused-ring (bicyclic) bond motifs is 1. The number of hydrogen-bond acceptors (Lipinski definition) is 5. The van der Waals surface area contributed by atoms with E-state index in [0.29, 0.717) is 41.3 Å². The molecule has 1 N–H and O–H groups in total. The smallest absolute Gasteiger partial charge is 0.306 e. The number of nitrogens with one attached hydrogen (secondary N) is 1. The van der Waals surface area contributed by atoms with Crippen LogP contribution in [-0.2, 0) is 16.1 Å². The van der Waals surface area contributed by atoms with Crippen LogP contribution in [0.4, 0.5) is 0 Å².